The predicted molar refractivity (Wildman–Crippen MR) is 57.7 cm³/mol. The maximum absolute atomic E-state index is 13.1. The van der Waals surface area contributed by atoms with Crippen LogP contribution in [0.5, 0.6) is 5.75 Å². The molecule has 1 aliphatic rings. The molecule has 2 atom stereocenters. The molecular formula is C11H15FN2O. The zero-order valence-electron chi connectivity index (χ0n) is 8.90. The van der Waals surface area contributed by atoms with Crippen LogP contribution in [0, 0.1) is 5.82 Å². The number of hydrogen-bond acceptors (Lipinski definition) is 3. The summed E-state index contributed by atoms with van der Waals surface area (Å²) in [6.45, 7) is 2.59. The van der Waals surface area contributed by atoms with E-state index in [-0.39, 0.29) is 18.0 Å². The van der Waals surface area contributed by atoms with Crippen molar-refractivity contribution < 1.29 is 9.13 Å². The highest BCUT2D eigenvalue weighted by Gasteiger charge is 2.24. The normalized spacial score (nSPS) is 25.5. The molecule has 82 valence electrons. The van der Waals surface area contributed by atoms with E-state index in [2.05, 4.69) is 0 Å². The molecule has 4 heteroatoms. The molecule has 0 bridgehead atoms. The minimum absolute atomic E-state index is 0.0563. The Labute approximate surface area is 88.6 Å². The van der Waals surface area contributed by atoms with Crippen LogP contribution in [-0.4, -0.2) is 25.7 Å². The van der Waals surface area contributed by atoms with Gasteiger partial charge in [0.05, 0.1) is 11.7 Å². The molecule has 2 N–H and O–H groups in total. The summed E-state index contributed by atoms with van der Waals surface area (Å²) in [5, 5.41) is 0. The molecule has 0 aliphatic carbocycles. The Balaban J connectivity index is 2.41. The first-order chi connectivity index (χ1) is 7.08. The van der Waals surface area contributed by atoms with Gasteiger partial charge in [-0.2, -0.15) is 0 Å². The Hall–Kier alpha value is -1.29. The SMILES string of the molecule is C[C@H]1Oc2ccc(F)cc2N(C)C[C@@H]1N. The van der Waals surface area contributed by atoms with Crippen molar-refractivity contribution in [3.63, 3.8) is 0 Å². The van der Waals surface area contributed by atoms with Crippen molar-refractivity contribution in [1.82, 2.24) is 0 Å². The Morgan fingerprint density at radius 2 is 2.27 bits per heavy atom. The third-order valence-electron chi connectivity index (χ3n) is 2.73. The summed E-state index contributed by atoms with van der Waals surface area (Å²) < 4.78 is 18.7. The predicted octanol–water partition coefficient (Wildman–Crippen LogP) is 1.37. The van der Waals surface area contributed by atoms with E-state index in [1.807, 2.05) is 18.9 Å². The average molecular weight is 210 g/mol. The molecule has 1 heterocycles. The standard InChI is InChI=1S/C11H15FN2O/c1-7-9(13)6-14(2)10-5-8(12)3-4-11(10)15-7/h3-5,7,9H,6,13H2,1-2H3/t7-,9+/m1/s1. The zero-order valence-corrected chi connectivity index (χ0v) is 8.90. The lowest BCUT2D eigenvalue weighted by atomic mass is 10.2. The van der Waals surface area contributed by atoms with Gasteiger partial charge in [-0.1, -0.05) is 0 Å². The van der Waals surface area contributed by atoms with Crippen molar-refractivity contribution in [3.05, 3.63) is 24.0 Å². The summed E-state index contributed by atoms with van der Waals surface area (Å²) >= 11 is 0. The Morgan fingerprint density at radius 1 is 1.53 bits per heavy atom. The summed E-state index contributed by atoms with van der Waals surface area (Å²) in [5.74, 6) is 0.437. The molecule has 0 radical (unpaired) electrons. The van der Waals surface area contributed by atoms with E-state index in [1.54, 1.807) is 6.07 Å². The van der Waals surface area contributed by atoms with E-state index in [4.69, 9.17) is 10.5 Å². The van der Waals surface area contributed by atoms with Crippen molar-refractivity contribution >= 4 is 5.69 Å². The maximum atomic E-state index is 13.1. The van der Waals surface area contributed by atoms with Gasteiger partial charge in [0, 0.05) is 19.7 Å². The van der Waals surface area contributed by atoms with Crippen molar-refractivity contribution in [3.8, 4) is 5.75 Å². The van der Waals surface area contributed by atoms with E-state index in [0.29, 0.717) is 12.3 Å². The van der Waals surface area contributed by atoms with Gasteiger partial charge in [-0.3, -0.25) is 0 Å². The second kappa shape index (κ2) is 3.70. The number of ether oxygens (including phenoxy) is 1. The average Bonchev–Trinajstić information content (AvgIpc) is 2.28. The summed E-state index contributed by atoms with van der Waals surface area (Å²) in [6, 6.07) is 4.46. The molecular weight excluding hydrogens is 195 g/mol. The van der Waals surface area contributed by atoms with E-state index < -0.39 is 0 Å². The molecule has 0 spiro atoms. The largest absolute Gasteiger partial charge is 0.487 e. The number of nitrogens with zero attached hydrogens (tertiary/aromatic N) is 1. The Kier molecular flexibility index (Phi) is 2.52. The van der Waals surface area contributed by atoms with Gasteiger partial charge in [-0.25, -0.2) is 4.39 Å². The molecule has 2 rings (SSSR count). The number of rotatable bonds is 0. The van der Waals surface area contributed by atoms with Gasteiger partial charge >= 0.3 is 0 Å². The number of fused-ring (bicyclic) bond motifs is 1. The molecule has 1 aromatic carbocycles. The Bertz CT molecular complexity index is 370. The summed E-state index contributed by atoms with van der Waals surface area (Å²) in [7, 11) is 1.89. The van der Waals surface area contributed by atoms with Gasteiger partial charge in [-0.15, -0.1) is 0 Å². The number of likely N-dealkylation sites (N-methyl/N-ethyl adjacent to an activating group) is 1. The van der Waals surface area contributed by atoms with Crippen molar-refractivity contribution in [1.29, 1.82) is 0 Å². The van der Waals surface area contributed by atoms with Crippen molar-refractivity contribution in [2.24, 2.45) is 5.73 Å². The molecule has 1 aliphatic heterocycles. The first-order valence-corrected chi connectivity index (χ1v) is 5.01. The second-order valence-corrected chi connectivity index (χ2v) is 3.98. The minimum Gasteiger partial charge on any atom is -0.487 e. The maximum Gasteiger partial charge on any atom is 0.143 e. The highest BCUT2D eigenvalue weighted by atomic mass is 19.1. The van der Waals surface area contributed by atoms with E-state index in [1.165, 1.54) is 12.1 Å². The molecule has 0 fully saturated rings. The van der Waals surface area contributed by atoms with Gasteiger partial charge in [0.1, 0.15) is 17.7 Å². The van der Waals surface area contributed by atoms with Crippen LogP contribution in [-0.2, 0) is 0 Å². The molecule has 3 nitrogen and oxygen atoms in total. The van der Waals surface area contributed by atoms with Crippen LogP contribution in [0.1, 0.15) is 6.92 Å². The van der Waals surface area contributed by atoms with Crippen LogP contribution >= 0.6 is 0 Å². The molecule has 1 aromatic rings. The highest BCUT2D eigenvalue weighted by molar-refractivity contribution is 5.59. The summed E-state index contributed by atoms with van der Waals surface area (Å²) in [6.07, 6.45) is -0.0563. The molecule has 15 heavy (non-hydrogen) atoms. The summed E-state index contributed by atoms with van der Waals surface area (Å²) in [4.78, 5) is 1.92. The number of benzene rings is 1. The lowest BCUT2D eigenvalue weighted by molar-refractivity contribution is 0.200. The second-order valence-electron chi connectivity index (χ2n) is 3.98. The molecule has 0 amide bonds. The monoisotopic (exact) mass is 210 g/mol. The zero-order chi connectivity index (χ0) is 11.0. The molecule has 0 aromatic heterocycles. The first kappa shape index (κ1) is 10.2. The van der Waals surface area contributed by atoms with Gasteiger partial charge in [0.25, 0.3) is 0 Å². The molecule has 0 saturated carbocycles. The van der Waals surface area contributed by atoms with E-state index >= 15 is 0 Å². The lowest BCUT2D eigenvalue weighted by Crippen LogP contribution is -2.42. The number of anilines is 1. The lowest BCUT2D eigenvalue weighted by Gasteiger charge is -2.20. The number of nitrogens with two attached hydrogens (primary N) is 1. The van der Waals surface area contributed by atoms with Crippen LogP contribution in [0.2, 0.25) is 0 Å². The van der Waals surface area contributed by atoms with E-state index in [0.717, 1.165) is 5.69 Å². The van der Waals surface area contributed by atoms with Crippen LogP contribution in [0.3, 0.4) is 0 Å². The van der Waals surface area contributed by atoms with Crippen LogP contribution in [0.15, 0.2) is 18.2 Å². The van der Waals surface area contributed by atoms with Gasteiger partial charge in [0.2, 0.25) is 0 Å². The fraction of sp³-hybridized carbons (Fsp3) is 0.455. The third-order valence-corrected chi connectivity index (χ3v) is 2.73. The van der Waals surface area contributed by atoms with Gasteiger partial charge < -0.3 is 15.4 Å². The molecule has 0 unspecified atom stereocenters. The van der Waals surface area contributed by atoms with Crippen molar-refractivity contribution in [2.75, 3.05) is 18.5 Å². The number of hydrogen-bond donors (Lipinski definition) is 1. The first-order valence-electron chi connectivity index (χ1n) is 5.01. The molecule has 0 saturated heterocycles. The fourth-order valence-electron chi connectivity index (χ4n) is 1.74. The van der Waals surface area contributed by atoms with Gasteiger partial charge in [-0.05, 0) is 19.1 Å². The minimum atomic E-state index is -0.257. The fourth-order valence-corrected chi connectivity index (χ4v) is 1.74. The highest BCUT2D eigenvalue weighted by Crippen LogP contribution is 2.31. The smallest absolute Gasteiger partial charge is 0.143 e. The number of halogens is 1. The van der Waals surface area contributed by atoms with Crippen LogP contribution in [0.25, 0.3) is 0 Å². The quantitative estimate of drug-likeness (QED) is 0.703. The van der Waals surface area contributed by atoms with Gasteiger partial charge in [0.15, 0.2) is 0 Å². The van der Waals surface area contributed by atoms with E-state index in [9.17, 15) is 4.39 Å². The van der Waals surface area contributed by atoms with Crippen LogP contribution < -0.4 is 15.4 Å². The topological polar surface area (TPSA) is 38.5 Å². The van der Waals surface area contributed by atoms with Crippen LogP contribution in [0.4, 0.5) is 10.1 Å². The Morgan fingerprint density at radius 3 is 3.00 bits per heavy atom. The van der Waals surface area contributed by atoms with Crippen molar-refractivity contribution in [2.45, 2.75) is 19.1 Å². The third kappa shape index (κ3) is 1.90. The summed E-state index contributed by atoms with van der Waals surface area (Å²) in [5.41, 5.74) is 6.68.